The van der Waals surface area contributed by atoms with Gasteiger partial charge in [-0.1, -0.05) is 38.1 Å². The topological polar surface area (TPSA) is 74.9 Å². The molecule has 3 heterocycles. The van der Waals surface area contributed by atoms with Crippen LogP contribution in [0.1, 0.15) is 43.6 Å². The molecule has 2 aliphatic rings. The largest absolute Gasteiger partial charge is 0.493 e. The van der Waals surface area contributed by atoms with E-state index in [4.69, 9.17) is 9.47 Å². The van der Waals surface area contributed by atoms with Crippen LogP contribution < -0.4 is 9.47 Å². The van der Waals surface area contributed by atoms with Crippen molar-refractivity contribution in [1.82, 2.24) is 14.8 Å². The number of carbonyl (C=O) groups is 2. The Morgan fingerprint density at radius 1 is 1.12 bits per heavy atom. The van der Waals surface area contributed by atoms with E-state index >= 15 is 0 Å². The fourth-order valence-electron chi connectivity index (χ4n) is 5.39. The Bertz CT molecular complexity index is 1250. The molecule has 1 aromatic heterocycles. The van der Waals surface area contributed by atoms with E-state index in [1.807, 2.05) is 43.3 Å². The average molecular weight is 462 g/mol. The second-order valence-corrected chi connectivity index (χ2v) is 9.44. The van der Waals surface area contributed by atoms with E-state index in [1.54, 1.807) is 16.9 Å². The highest BCUT2D eigenvalue weighted by Gasteiger charge is 2.48. The SMILES string of the molecule is CCOc1ccc(C2c3[nH]c4ccccc4c3C[C@H]3C(=O)N(CC(C)C)CC(=O)N23)cc1OC. The van der Waals surface area contributed by atoms with Crippen molar-refractivity contribution in [2.45, 2.75) is 39.3 Å². The Labute approximate surface area is 199 Å². The lowest BCUT2D eigenvalue weighted by Crippen LogP contribution is -2.63. The van der Waals surface area contributed by atoms with Gasteiger partial charge >= 0.3 is 0 Å². The summed E-state index contributed by atoms with van der Waals surface area (Å²) in [5.74, 6) is 1.54. The molecule has 0 aliphatic carbocycles. The third kappa shape index (κ3) is 3.59. The zero-order chi connectivity index (χ0) is 24.0. The summed E-state index contributed by atoms with van der Waals surface area (Å²) in [5, 5.41) is 1.10. The number of hydrogen-bond donors (Lipinski definition) is 1. The number of nitrogens with one attached hydrogen (secondary N) is 1. The fourth-order valence-corrected chi connectivity index (χ4v) is 5.39. The molecule has 178 valence electrons. The summed E-state index contributed by atoms with van der Waals surface area (Å²) in [7, 11) is 1.61. The molecule has 0 radical (unpaired) electrons. The number of aromatic nitrogens is 1. The number of aromatic amines is 1. The molecule has 2 atom stereocenters. The first kappa shape index (κ1) is 22.3. The zero-order valence-corrected chi connectivity index (χ0v) is 20.1. The third-order valence-corrected chi connectivity index (χ3v) is 6.73. The molecule has 0 spiro atoms. The molecule has 7 heteroatoms. The number of carbonyl (C=O) groups excluding carboxylic acids is 2. The van der Waals surface area contributed by atoms with Crippen molar-refractivity contribution in [3.63, 3.8) is 0 Å². The maximum absolute atomic E-state index is 13.6. The summed E-state index contributed by atoms with van der Waals surface area (Å²) >= 11 is 0. The smallest absolute Gasteiger partial charge is 0.246 e. The highest BCUT2D eigenvalue weighted by atomic mass is 16.5. The van der Waals surface area contributed by atoms with Gasteiger partial charge in [0.15, 0.2) is 11.5 Å². The average Bonchev–Trinajstić information content (AvgIpc) is 3.19. The Morgan fingerprint density at radius 3 is 2.65 bits per heavy atom. The van der Waals surface area contributed by atoms with Crippen LogP contribution in [0.4, 0.5) is 0 Å². The summed E-state index contributed by atoms with van der Waals surface area (Å²) in [4.78, 5) is 34.3. The number of hydrogen-bond acceptors (Lipinski definition) is 4. The van der Waals surface area contributed by atoms with Gasteiger partial charge in [0.25, 0.3) is 0 Å². The van der Waals surface area contributed by atoms with Gasteiger partial charge < -0.3 is 24.3 Å². The van der Waals surface area contributed by atoms with Crippen LogP contribution in [0.3, 0.4) is 0 Å². The molecule has 5 rings (SSSR count). The molecule has 0 saturated carbocycles. The molecule has 3 aromatic rings. The van der Waals surface area contributed by atoms with Crippen LogP contribution in [0.15, 0.2) is 42.5 Å². The number of piperazine rings is 1. The first-order chi connectivity index (χ1) is 16.4. The Balaban J connectivity index is 1.67. The molecule has 2 aliphatic heterocycles. The van der Waals surface area contributed by atoms with E-state index in [9.17, 15) is 9.59 Å². The van der Waals surface area contributed by atoms with E-state index in [2.05, 4.69) is 24.9 Å². The summed E-state index contributed by atoms with van der Waals surface area (Å²) in [5.41, 5.74) is 3.95. The predicted octanol–water partition coefficient (Wildman–Crippen LogP) is 3.92. The van der Waals surface area contributed by atoms with Crippen LogP contribution in [0.25, 0.3) is 10.9 Å². The fraction of sp³-hybridized carbons (Fsp3) is 0.407. The van der Waals surface area contributed by atoms with Gasteiger partial charge in [0.1, 0.15) is 6.04 Å². The number of amides is 2. The van der Waals surface area contributed by atoms with E-state index in [0.717, 1.165) is 27.7 Å². The first-order valence-electron chi connectivity index (χ1n) is 11.9. The van der Waals surface area contributed by atoms with Gasteiger partial charge in [-0.2, -0.15) is 0 Å². The van der Waals surface area contributed by atoms with Gasteiger partial charge in [0.2, 0.25) is 11.8 Å². The molecule has 1 unspecified atom stereocenters. The minimum absolute atomic E-state index is 0.0205. The van der Waals surface area contributed by atoms with Crippen LogP contribution in [0.5, 0.6) is 11.5 Å². The minimum atomic E-state index is -0.533. The number of rotatable bonds is 6. The third-order valence-electron chi connectivity index (χ3n) is 6.73. The van der Waals surface area contributed by atoms with Crippen molar-refractivity contribution in [2.75, 3.05) is 26.8 Å². The van der Waals surface area contributed by atoms with Crippen molar-refractivity contribution in [2.24, 2.45) is 5.92 Å². The summed E-state index contributed by atoms with van der Waals surface area (Å²) in [6, 6.07) is 12.9. The molecular formula is C27H31N3O4. The van der Waals surface area contributed by atoms with E-state index in [0.29, 0.717) is 37.0 Å². The lowest BCUT2D eigenvalue weighted by Gasteiger charge is -2.47. The summed E-state index contributed by atoms with van der Waals surface area (Å²) < 4.78 is 11.3. The maximum atomic E-state index is 13.6. The second-order valence-electron chi connectivity index (χ2n) is 9.44. The van der Waals surface area contributed by atoms with Crippen molar-refractivity contribution in [3.05, 3.63) is 59.3 Å². The van der Waals surface area contributed by atoms with Crippen LogP contribution >= 0.6 is 0 Å². The molecule has 0 bridgehead atoms. The summed E-state index contributed by atoms with van der Waals surface area (Å²) in [6.07, 6.45) is 0.503. The van der Waals surface area contributed by atoms with Crippen molar-refractivity contribution in [1.29, 1.82) is 0 Å². The standard InChI is InChI=1S/C27H31N3O4/c1-5-34-22-11-10-17(12-23(22)33-4)26-25-19(18-8-6-7-9-20(18)28-25)13-21-27(32)29(14-16(2)3)15-24(31)30(21)26/h6-12,16,21,26,28H,5,13-15H2,1-4H3/t21-,26?/m0/s1. The van der Waals surface area contributed by atoms with Gasteiger partial charge in [0, 0.05) is 29.6 Å². The molecular weight excluding hydrogens is 430 g/mol. The van der Waals surface area contributed by atoms with Gasteiger partial charge in [-0.25, -0.2) is 0 Å². The second kappa shape index (κ2) is 8.70. The van der Waals surface area contributed by atoms with Crippen molar-refractivity contribution < 1.29 is 19.1 Å². The number of methoxy groups -OCH3 is 1. The number of H-pyrrole nitrogens is 1. The highest BCUT2D eigenvalue weighted by Crippen LogP contribution is 2.44. The van der Waals surface area contributed by atoms with Gasteiger partial charge in [-0.3, -0.25) is 9.59 Å². The van der Waals surface area contributed by atoms with E-state index in [-0.39, 0.29) is 18.4 Å². The number of fused-ring (bicyclic) bond motifs is 4. The van der Waals surface area contributed by atoms with Crippen molar-refractivity contribution >= 4 is 22.7 Å². The maximum Gasteiger partial charge on any atom is 0.246 e. The minimum Gasteiger partial charge on any atom is -0.493 e. The van der Waals surface area contributed by atoms with Gasteiger partial charge in [-0.15, -0.1) is 0 Å². The molecule has 1 saturated heterocycles. The van der Waals surface area contributed by atoms with Gasteiger partial charge in [0.05, 0.1) is 26.3 Å². The van der Waals surface area contributed by atoms with E-state index in [1.165, 1.54) is 0 Å². The molecule has 7 nitrogen and oxygen atoms in total. The first-order valence-corrected chi connectivity index (χ1v) is 11.9. The quantitative estimate of drug-likeness (QED) is 0.604. The number of para-hydroxylation sites is 1. The Hall–Kier alpha value is -3.48. The summed E-state index contributed by atoms with van der Waals surface area (Å²) in [6.45, 7) is 7.27. The molecule has 1 N–H and O–H groups in total. The number of benzene rings is 2. The van der Waals surface area contributed by atoms with E-state index < -0.39 is 12.1 Å². The highest BCUT2D eigenvalue weighted by molar-refractivity contribution is 5.97. The lowest BCUT2D eigenvalue weighted by molar-refractivity contribution is -0.159. The van der Waals surface area contributed by atoms with Crippen LogP contribution in [-0.4, -0.2) is 59.4 Å². The molecule has 2 amide bonds. The van der Waals surface area contributed by atoms with Crippen molar-refractivity contribution in [3.8, 4) is 11.5 Å². The monoisotopic (exact) mass is 461 g/mol. The van der Waals surface area contributed by atoms with Gasteiger partial charge in [-0.05, 0) is 42.2 Å². The lowest BCUT2D eigenvalue weighted by atomic mass is 9.86. The van der Waals surface area contributed by atoms with Crippen LogP contribution in [0, 0.1) is 5.92 Å². The molecule has 1 fully saturated rings. The zero-order valence-electron chi connectivity index (χ0n) is 20.1. The number of nitrogens with zero attached hydrogens (tertiary/aromatic N) is 2. The molecule has 34 heavy (non-hydrogen) atoms. The predicted molar refractivity (Wildman–Crippen MR) is 130 cm³/mol. The number of ether oxygens (including phenoxy) is 2. The molecule has 2 aromatic carbocycles. The Kier molecular flexibility index (Phi) is 5.71. The Morgan fingerprint density at radius 2 is 1.91 bits per heavy atom. The normalized spacial score (nSPS) is 20.0. The van der Waals surface area contributed by atoms with Crippen LogP contribution in [0.2, 0.25) is 0 Å². The van der Waals surface area contributed by atoms with Crippen LogP contribution in [-0.2, 0) is 16.0 Å².